The van der Waals surface area contributed by atoms with Crippen LogP contribution in [-0.2, 0) is 0 Å². The molecule has 0 aliphatic rings. The van der Waals surface area contributed by atoms with Crippen molar-refractivity contribution in [3.8, 4) is 0 Å². The van der Waals surface area contributed by atoms with Gasteiger partial charge in [-0.25, -0.2) is 14.2 Å². The fraction of sp³-hybridized carbons (Fsp3) is 0.0909. The molecule has 0 saturated carbocycles. The number of benzene rings is 1. The summed E-state index contributed by atoms with van der Waals surface area (Å²) in [4.78, 5) is 15.3. The summed E-state index contributed by atoms with van der Waals surface area (Å²) < 4.78 is 14.2. The number of hydrogen-bond donors (Lipinski definition) is 2. The van der Waals surface area contributed by atoms with E-state index in [1.807, 2.05) is 0 Å². The van der Waals surface area contributed by atoms with Crippen LogP contribution in [0.25, 0.3) is 0 Å². The predicted octanol–water partition coefficient (Wildman–Crippen LogP) is 3.79. The van der Waals surface area contributed by atoms with Gasteiger partial charge >= 0.3 is 5.97 Å². The molecular weight excluding hydrogens is 323 g/mol. The number of aryl methyl sites for hydroxylation is 1. The lowest BCUT2D eigenvalue weighted by atomic mass is 10.3. The molecule has 2 N–H and O–H groups in total. The molecule has 0 amide bonds. The van der Waals surface area contributed by atoms with Crippen LogP contribution in [-0.4, -0.2) is 16.1 Å². The van der Waals surface area contributed by atoms with Crippen LogP contribution in [0, 0.1) is 12.7 Å². The predicted molar refractivity (Wildman–Crippen MR) is 71.2 cm³/mol. The topological polar surface area (TPSA) is 62.2 Å². The van der Waals surface area contributed by atoms with Gasteiger partial charge in [-0.1, -0.05) is 15.9 Å². The second-order valence-electron chi connectivity index (χ2n) is 3.48. The van der Waals surface area contributed by atoms with Gasteiger partial charge in [-0.2, -0.15) is 0 Å². The summed E-state index contributed by atoms with van der Waals surface area (Å²) in [6.07, 6.45) is 0. The highest BCUT2D eigenvalue weighted by molar-refractivity contribution is 9.10. The molecule has 94 valence electrons. The molecule has 1 aromatic heterocycles. The minimum absolute atomic E-state index is 0.0139. The van der Waals surface area contributed by atoms with Gasteiger partial charge in [0.2, 0.25) is 0 Å². The van der Waals surface area contributed by atoms with Crippen LogP contribution in [0.5, 0.6) is 0 Å². The molecule has 0 atom stereocenters. The molecule has 18 heavy (non-hydrogen) atoms. The summed E-state index contributed by atoms with van der Waals surface area (Å²) in [7, 11) is 0. The zero-order valence-corrected chi connectivity index (χ0v) is 11.6. The van der Waals surface area contributed by atoms with Gasteiger partial charge in [0.1, 0.15) is 5.82 Å². The lowest BCUT2D eigenvalue weighted by Gasteiger charge is -2.03. The van der Waals surface area contributed by atoms with E-state index in [1.54, 1.807) is 19.1 Å². The molecule has 0 bridgehead atoms. The normalized spacial score (nSPS) is 10.4. The van der Waals surface area contributed by atoms with E-state index in [4.69, 9.17) is 5.11 Å². The van der Waals surface area contributed by atoms with E-state index < -0.39 is 11.8 Å². The van der Waals surface area contributed by atoms with Crippen molar-refractivity contribution < 1.29 is 14.3 Å². The number of rotatable bonds is 3. The zero-order valence-electron chi connectivity index (χ0n) is 9.20. The highest BCUT2D eigenvalue weighted by atomic mass is 79.9. The molecule has 0 aliphatic heterocycles. The van der Waals surface area contributed by atoms with Crippen LogP contribution in [0.2, 0.25) is 0 Å². The Bertz CT molecular complexity index is 615. The molecule has 0 aliphatic carbocycles. The third kappa shape index (κ3) is 2.68. The van der Waals surface area contributed by atoms with Crippen LogP contribution in [0.15, 0.2) is 22.7 Å². The van der Waals surface area contributed by atoms with E-state index in [0.717, 1.165) is 0 Å². The quantitative estimate of drug-likeness (QED) is 0.898. The molecule has 1 heterocycles. The monoisotopic (exact) mass is 330 g/mol. The van der Waals surface area contributed by atoms with Crippen molar-refractivity contribution in [3.05, 3.63) is 39.1 Å². The third-order valence-corrected chi connectivity index (χ3v) is 3.55. The minimum atomic E-state index is -1.09. The van der Waals surface area contributed by atoms with Crippen molar-refractivity contribution in [2.75, 3.05) is 5.32 Å². The van der Waals surface area contributed by atoms with Crippen LogP contribution < -0.4 is 5.32 Å². The fourth-order valence-electron chi connectivity index (χ4n) is 1.35. The largest absolute Gasteiger partial charge is 0.476 e. The van der Waals surface area contributed by atoms with E-state index in [9.17, 15) is 9.18 Å². The van der Waals surface area contributed by atoms with E-state index >= 15 is 0 Å². The first-order valence-corrected chi connectivity index (χ1v) is 6.51. The standard InChI is InChI=1S/C11H8BrFN2O2S/c1-5-9(10(16)17)15-11(18-5)14-8-3-2-6(12)4-7(8)13/h2-4H,1H3,(H,14,15)(H,16,17). The van der Waals surface area contributed by atoms with Crippen molar-refractivity contribution >= 4 is 44.1 Å². The van der Waals surface area contributed by atoms with Crippen LogP contribution in [0.3, 0.4) is 0 Å². The van der Waals surface area contributed by atoms with E-state index in [2.05, 4.69) is 26.2 Å². The Balaban J connectivity index is 2.29. The maximum Gasteiger partial charge on any atom is 0.355 e. The van der Waals surface area contributed by atoms with Crippen LogP contribution in [0.1, 0.15) is 15.4 Å². The number of nitrogens with zero attached hydrogens (tertiary/aromatic N) is 1. The molecule has 0 saturated heterocycles. The molecule has 0 radical (unpaired) electrons. The summed E-state index contributed by atoms with van der Waals surface area (Å²) in [5.41, 5.74) is 0.240. The Hall–Kier alpha value is -1.47. The van der Waals surface area contributed by atoms with Gasteiger partial charge in [-0.3, -0.25) is 0 Å². The number of hydrogen-bond acceptors (Lipinski definition) is 4. The number of thiazole rings is 1. The van der Waals surface area contributed by atoms with E-state index in [-0.39, 0.29) is 11.4 Å². The lowest BCUT2D eigenvalue weighted by molar-refractivity contribution is 0.0690. The van der Waals surface area contributed by atoms with Crippen LogP contribution >= 0.6 is 27.3 Å². The second-order valence-corrected chi connectivity index (χ2v) is 5.60. The zero-order chi connectivity index (χ0) is 13.3. The van der Waals surface area contributed by atoms with Crippen molar-refractivity contribution in [2.45, 2.75) is 6.92 Å². The van der Waals surface area contributed by atoms with Gasteiger partial charge in [-0.15, -0.1) is 11.3 Å². The van der Waals surface area contributed by atoms with Gasteiger partial charge in [0.05, 0.1) is 5.69 Å². The Labute approximate surface area is 115 Å². The van der Waals surface area contributed by atoms with Crippen molar-refractivity contribution in [1.82, 2.24) is 4.98 Å². The molecule has 4 nitrogen and oxygen atoms in total. The smallest absolute Gasteiger partial charge is 0.355 e. The molecule has 0 fully saturated rings. The van der Waals surface area contributed by atoms with E-state index in [1.165, 1.54) is 17.4 Å². The van der Waals surface area contributed by atoms with Crippen molar-refractivity contribution in [1.29, 1.82) is 0 Å². The number of carboxylic acids is 1. The fourth-order valence-corrected chi connectivity index (χ4v) is 2.51. The Morgan fingerprint density at radius 2 is 2.28 bits per heavy atom. The molecule has 1 aromatic carbocycles. The molecule has 7 heteroatoms. The number of carboxylic acid groups (broad SMARTS) is 1. The number of aromatic carboxylic acids is 1. The van der Waals surface area contributed by atoms with Crippen molar-refractivity contribution in [2.24, 2.45) is 0 Å². The first-order valence-electron chi connectivity index (χ1n) is 4.90. The third-order valence-electron chi connectivity index (χ3n) is 2.17. The highest BCUT2D eigenvalue weighted by Crippen LogP contribution is 2.27. The van der Waals surface area contributed by atoms with E-state index in [0.29, 0.717) is 14.5 Å². The second kappa shape index (κ2) is 5.03. The van der Waals surface area contributed by atoms with Gasteiger partial charge in [0.25, 0.3) is 0 Å². The molecule has 2 aromatic rings. The summed E-state index contributed by atoms with van der Waals surface area (Å²) >= 11 is 4.33. The maximum absolute atomic E-state index is 13.6. The van der Waals surface area contributed by atoms with Crippen molar-refractivity contribution in [3.63, 3.8) is 0 Å². The SMILES string of the molecule is Cc1sc(Nc2ccc(Br)cc2F)nc1C(=O)O. The molecule has 0 spiro atoms. The number of anilines is 2. The summed E-state index contributed by atoms with van der Waals surface area (Å²) in [5, 5.41) is 12.0. The van der Waals surface area contributed by atoms with Gasteiger partial charge < -0.3 is 10.4 Å². The first-order chi connectivity index (χ1) is 8.47. The molecule has 0 unspecified atom stereocenters. The number of carbonyl (C=O) groups is 1. The maximum atomic E-state index is 13.6. The summed E-state index contributed by atoms with van der Waals surface area (Å²) in [6, 6.07) is 4.56. The number of aromatic nitrogens is 1. The first kappa shape index (κ1) is 13.0. The van der Waals surface area contributed by atoms with Gasteiger partial charge in [-0.05, 0) is 25.1 Å². The number of nitrogens with one attached hydrogen (secondary N) is 1. The highest BCUT2D eigenvalue weighted by Gasteiger charge is 2.14. The summed E-state index contributed by atoms with van der Waals surface area (Å²) in [5.74, 6) is -1.53. The molecule has 2 rings (SSSR count). The van der Waals surface area contributed by atoms with Gasteiger partial charge in [0.15, 0.2) is 10.8 Å². The minimum Gasteiger partial charge on any atom is -0.476 e. The number of halogens is 2. The average Bonchev–Trinajstić information content (AvgIpc) is 2.64. The lowest BCUT2D eigenvalue weighted by Crippen LogP contribution is -1.99. The summed E-state index contributed by atoms with van der Waals surface area (Å²) in [6.45, 7) is 1.66. The van der Waals surface area contributed by atoms with Gasteiger partial charge in [0, 0.05) is 9.35 Å². The Morgan fingerprint density at radius 1 is 1.56 bits per heavy atom. The Kier molecular flexibility index (Phi) is 3.63. The van der Waals surface area contributed by atoms with Crippen LogP contribution in [0.4, 0.5) is 15.2 Å². The Morgan fingerprint density at radius 3 is 2.83 bits per heavy atom. The molecular formula is C11H8BrFN2O2S. The average molecular weight is 331 g/mol.